The molecule has 0 radical (unpaired) electrons. The van der Waals surface area contributed by atoms with Gasteiger partial charge in [-0.25, -0.2) is 4.79 Å². The van der Waals surface area contributed by atoms with Crippen LogP contribution in [0.4, 0.5) is 0 Å². The lowest BCUT2D eigenvalue weighted by Gasteiger charge is -2.25. The molecule has 0 aliphatic carbocycles. The highest BCUT2D eigenvalue weighted by molar-refractivity contribution is 7.98. The van der Waals surface area contributed by atoms with Crippen molar-refractivity contribution in [3.63, 3.8) is 0 Å². The molecule has 3 amide bonds. The number of carbonyl (C=O) groups is 5. The van der Waals surface area contributed by atoms with Gasteiger partial charge in [-0.1, -0.05) is 44.2 Å². The van der Waals surface area contributed by atoms with Gasteiger partial charge in [0.15, 0.2) is 0 Å². The summed E-state index contributed by atoms with van der Waals surface area (Å²) in [6.07, 6.45) is 1.65. The average molecular weight is 525 g/mol. The maximum Gasteiger partial charge on any atom is 0.326 e. The number of aliphatic carboxylic acids is 2. The number of nitrogens with two attached hydrogens (primary N) is 1. The third-order valence-electron chi connectivity index (χ3n) is 5.21. The maximum absolute atomic E-state index is 13.0. The first-order chi connectivity index (χ1) is 16.9. The average Bonchev–Trinajstić information content (AvgIpc) is 2.80. The number of nitrogens with one attached hydrogen (secondary N) is 3. The number of thioether (sulfide) groups is 1. The van der Waals surface area contributed by atoms with Crippen LogP contribution in [0.2, 0.25) is 0 Å². The Kier molecular flexibility index (Phi) is 13.6. The lowest BCUT2D eigenvalue weighted by Crippen LogP contribution is -2.57. The monoisotopic (exact) mass is 524 g/mol. The molecule has 0 aliphatic rings. The Morgan fingerprint density at radius 1 is 0.889 bits per heavy atom. The first-order valence-electron chi connectivity index (χ1n) is 11.6. The van der Waals surface area contributed by atoms with Gasteiger partial charge in [0, 0.05) is 6.42 Å². The molecule has 0 saturated heterocycles. The van der Waals surface area contributed by atoms with Crippen LogP contribution in [-0.2, 0) is 30.4 Å². The molecule has 36 heavy (non-hydrogen) atoms. The molecule has 200 valence electrons. The first-order valence-corrected chi connectivity index (χ1v) is 13.0. The number of carboxylic acids is 2. The van der Waals surface area contributed by atoms with Gasteiger partial charge in [-0.3, -0.25) is 19.2 Å². The Balaban J connectivity index is 2.98. The van der Waals surface area contributed by atoms with Gasteiger partial charge in [-0.05, 0) is 36.3 Å². The van der Waals surface area contributed by atoms with Gasteiger partial charge in [-0.2, -0.15) is 11.8 Å². The van der Waals surface area contributed by atoms with Crippen LogP contribution in [0, 0.1) is 5.92 Å². The second kappa shape index (κ2) is 15.8. The molecule has 11 nitrogen and oxygen atoms in total. The second-order valence-electron chi connectivity index (χ2n) is 8.83. The molecule has 4 unspecified atom stereocenters. The van der Waals surface area contributed by atoms with Gasteiger partial charge < -0.3 is 31.9 Å². The topological polar surface area (TPSA) is 188 Å². The summed E-state index contributed by atoms with van der Waals surface area (Å²) in [5.41, 5.74) is 6.56. The van der Waals surface area contributed by atoms with Crippen LogP contribution in [0.5, 0.6) is 0 Å². The zero-order valence-electron chi connectivity index (χ0n) is 20.7. The van der Waals surface area contributed by atoms with Gasteiger partial charge >= 0.3 is 11.9 Å². The summed E-state index contributed by atoms with van der Waals surface area (Å²) in [5, 5.41) is 26.1. The highest BCUT2D eigenvalue weighted by atomic mass is 32.2. The number of carboxylic acid groups (broad SMARTS) is 2. The van der Waals surface area contributed by atoms with Crippen LogP contribution in [-0.4, -0.2) is 76.0 Å². The summed E-state index contributed by atoms with van der Waals surface area (Å²) in [6, 6.07) is 3.83. The third kappa shape index (κ3) is 11.5. The molecule has 12 heteroatoms. The molecule has 7 N–H and O–H groups in total. The number of rotatable bonds is 16. The molecule has 0 fully saturated rings. The Morgan fingerprint density at radius 3 is 1.97 bits per heavy atom. The Labute approximate surface area is 215 Å². The number of carbonyl (C=O) groups excluding carboxylic acids is 3. The van der Waals surface area contributed by atoms with Crippen LogP contribution < -0.4 is 21.7 Å². The fourth-order valence-electron chi connectivity index (χ4n) is 3.38. The summed E-state index contributed by atoms with van der Waals surface area (Å²) in [7, 11) is 0. The molecule has 1 rings (SSSR count). The molecule has 1 aromatic carbocycles. The van der Waals surface area contributed by atoms with Crippen molar-refractivity contribution in [3.8, 4) is 0 Å². The number of hydrogen-bond acceptors (Lipinski definition) is 7. The van der Waals surface area contributed by atoms with E-state index in [9.17, 15) is 34.2 Å². The quantitative estimate of drug-likeness (QED) is 0.177. The van der Waals surface area contributed by atoms with E-state index in [1.807, 2.05) is 20.1 Å². The standard InChI is InChI=1S/C24H36N4O7S/c1-14(2)11-16(25)21(31)26-17(9-10-36-3)22(32)27-18(13-20(29)30)23(33)28-19(24(34)35)12-15-7-5-4-6-8-15/h4-8,14,16-19H,9-13,25H2,1-3H3,(H,26,31)(H,27,32)(H,28,33)(H,29,30)(H,34,35). The van der Waals surface area contributed by atoms with E-state index in [4.69, 9.17) is 5.73 Å². The molecule has 0 heterocycles. The van der Waals surface area contributed by atoms with Gasteiger partial charge in [0.2, 0.25) is 17.7 Å². The van der Waals surface area contributed by atoms with Crippen molar-refractivity contribution in [2.24, 2.45) is 11.7 Å². The van der Waals surface area contributed by atoms with Crippen LogP contribution in [0.3, 0.4) is 0 Å². The van der Waals surface area contributed by atoms with E-state index in [-0.39, 0.29) is 18.8 Å². The summed E-state index contributed by atoms with van der Waals surface area (Å²) in [5.74, 6) is -4.26. The molecule has 0 bridgehead atoms. The van der Waals surface area contributed by atoms with Crippen molar-refractivity contribution in [2.45, 2.75) is 63.7 Å². The van der Waals surface area contributed by atoms with Gasteiger partial charge in [0.25, 0.3) is 0 Å². The summed E-state index contributed by atoms with van der Waals surface area (Å²) >= 11 is 1.44. The minimum absolute atomic E-state index is 0.0319. The van der Waals surface area contributed by atoms with E-state index in [1.54, 1.807) is 30.3 Å². The molecular weight excluding hydrogens is 488 g/mol. The molecule has 4 atom stereocenters. The van der Waals surface area contributed by atoms with Crippen molar-refractivity contribution in [3.05, 3.63) is 35.9 Å². The minimum Gasteiger partial charge on any atom is -0.481 e. The van der Waals surface area contributed by atoms with Crippen molar-refractivity contribution < 1.29 is 34.2 Å². The zero-order chi connectivity index (χ0) is 27.3. The Hall–Kier alpha value is -3.12. The van der Waals surface area contributed by atoms with Gasteiger partial charge in [-0.15, -0.1) is 0 Å². The third-order valence-corrected chi connectivity index (χ3v) is 5.86. The highest BCUT2D eigenvalue weighted by Gasteiger charge is 2.31. The van der Waals surface area contributed by atoms with E-state index in [1.165, 1.54) is 11.8 Å². The maximum atomic E-state index is 13.0. The minimum atomic E-state index is -1.55. The Bertz CT molecular complexity index is 898. The van der Waals surface area contributed by atoms with E-state index in [0.717, 1.165) is 0 Å². The molecule has 0 aromatic heterocycles. The van der Waals surface area contributed by atoms with Crippen LogP contribution in [0.15, 0.2) is 30.3 Å². The van der Waals surface area contributed by atoms with Crippen LogP contribution >= 0.6 is 11.8 Å². The van der Waals surface area contributed by atoms with E-state index >= 15 is 0 Å². The predicted molar refractivity (Wildman–Crippen MR) is 136 cm³/mol. The SMILES string of the molecule is CSCCC(NC(=O)C(N)CC(C)C)C(=O)NC(CC(=O)O)C(=O)NC(Cc1ccccc1)C(=O)O. The van der Waals surface area contributed by atoms with Crippen molar-refractivity contribution in [1.29, 1.82) is 0 Å². The fourth-order valence-corrected chi connectivity index (χ4v) is 3.85. The van der Waals surface area contributed by atoms with Crippen LogP contribution in [0.1, 0.15) is 38.7 Å². The summed E-state index contributed by atoms with van der Waals surface area (Å²) < 4.78 is 0. The second-order valence-corrected chi connectivity index (χ2v) is 9.81. The van der Waals surface area contributed by atoms with Crippen molar-refractivity contribution in [1.82, 2.24) is 16.0 Å². The lowest BCUT2D eigenvalue weighted by atomic mass is 10.0. The van der Waals surface area contributed by atoms with E-state index in [2.05, 4.69) is 16.0 Å². The number of hydrogen-bond donors (Lipinski definition) is 6. The van der Waals surface area contributed by atoms with Crippen molar-refractivity contribution in [2.75, 3.05) is 12.0 Å². The van der Waals surface area contributed by atoms with E-state index in [0.29, 0.717) is 17.7 Å². The lowest BCUT2D eigenvalue weighted by molar-refractivity contribution is -0.143. The Morgan fingerprint density at radius 2 is 1.44 bits per heavy atom. The number of benzene rings is 1. The van der Waals surface area contributed by atoms with Gasteiger partial charge in [0.1, 0.15) is 18.1 Å². The van der Waals surface area contributed by atoms with Gasteiger partial charge in [0.05, 0.1) is 12.5 Å². The number of amides is 3. The molecule has 0 saturated carbocycles. The fraction of sp³-hybridized carbons (Fsp3) is 0.542. The zero-order valence-corrected chi connectivity index (χ0v) is 21.5. The molecular formula is C24H36N4O7S. The normalized spacial score (nSPS) is 14.2. The highest BCUT2D eigenvalue weighted by Crippen LogP contribution is 2.08. The van der Waals surface area contributed by atoms with E-state index < -0.39 is 60.2 Å². The molecule has 0 spiro atoms. The predicted octanol–water partition coefficient (Wildman–Crippen LogP) is 0.369. The summed E-state index contributed by atoms with van der Waals surface area (Å²) in [4.78, 5) is 61.4. The largest absolute Gasteiger partial charge is 0.481 e. The summed E-state index contributed by atoms with van der Waals surface area (Å²) in [6.45, 7) is 3.81. The van der Waals surface area contributed by atoms with Crippen molar-refractivity contribution >= 4 is 41.4 Å². The smallest absolute Gasteiger partial charge is 0.326 e. The molecule has 1 aromatic rings. The van der Waals surface area contributed by atoms with Crippen LogP contribution in [0.25, 0.3) is 0 Å². The first kappa shape index (κ1) is 30.9. The molecule has 0 aliphatic heterocycles.